The van der Waals surface area contributed by atoms with Crippen LogP contribution < -0.4 is 5.32 Å². The van der Waals surface area contributed by atoms with Gasteiger partial charge in [0.15, 0.2) is 0 Å². The molecule has 0 spiro atoms. The summed E-state index contributed by atoms with van der Waals surface area (Å²) in [6, 6.07) is 3.84. The number of nitrogens with zero attached hydrogens (tertiary/aromatic N) is 1. The van der Waals surface area contributed by atoms with Crippen molar-refractivity contribution in [2.45, 2.75) is 26.3 Å². The van der Waals surface area contributed by atoms with Crippen LogP contribution in [-0.4, -0.2) is 40.5 Å². The summed E-state index contributed by atoms with van der Waals surface area (Å²) in [6.07, 6.45) is 0. The third-order valence-electron chi connectivity index (χ3n) is 3.23. The molecule has 0 aliphatic heterocycles. The van der Waals surface area contributed by atoms with Crippen molar-refractivity contribution in [1.29, 1.82) is 0 Å². The van der Waals surface area contributed by atoms with Gasteiger partial charge in [0, 0.05) is 5.69 Å². The van der Waals surface area contributed by atoms with Crippen LogP contribution >= 0.6 is 11.6 Å². The lowest BCUT2D eigenvalue weighted by molar-refractivity contribution is -0.149. The van der Waals surface area contributed by atoms with Gasteiger partial charge in [-0.15, -0.1) is 0 Å². The van der Waals surface area contributed by atoms with Crippen LogP contribution in [0.2, 0.25) is 5.02 Å². The van der Waals surface area contributed by atoms with E-state index in [0.29, 0.717) is 12.2 Å². The molecule has 0 aromatic heterocycles. The molecule has 21 heavy (non-hydrogen) atoms. The van der Waals surface area contributed by atoms with Crippen molar-refractivity contribution in [1.82, 2.24) is 4.90 Å². The van der Waals surface area contributed by atoms with E-state index in [1.807, 2.05) is 0 Å². The molecule has 0 saturated carbocycles. The van der Waals surface area contributed by atoms with Gasteiger partial charge in [-0.25, -0.2) is 4.39 Å². The number of halogens is 2. The fraction of sp³-hybridized carbons (Fsp3) is 0.429. The highest BCUT2D eigenvalue weighted by Gasteiger charge is 2.34. The van der Waals surface area contributed by atoms with Gasteiger partial charge < -0.3 is 10.4 Å². The summed E-state index contributed by atoms with van der Waals surface area (Å²) in [4.78, 5) is 24.7. The summed E-state index contributed by atoms with van der Waals surface area (Å²) in [5.74, 6) is -1.98. The number of aliphatic carboxylic acids is 1. The second-order valence-corrected chi connectivity index (χ2v) is 5.46. The Labute approximate surface area is 127 Å². The van der Waals surface area contributed by atoms with Crippen LogP contribution in [0.4, 0.5) is 10.1 Å². The van der Waals surface area contributed by atoms with E-state index >= 15 is 0 Å². The number of anilines is 1. The van der Waals surface area contributed by atoms with Crippen LogP contribution in [0, 0.1) is 5.82 Å². The summed E-state index contributed by atoms with van der Waals surface area (Å²) in [5, 5.41) is 11.6. The van der Waals surface area contributed by atoms with Gasteiger partial charge in [0.05, 0.1) is 11.6 Å². The highest BCUT2D eigenvalue weighted by Crippen LogP contribution is 2.20. The standard InChI is InChI=1S/C14H18ClFN2O3/c1-4-18(14(2,3)13(20)21)8-12(19)17-9-5-6-11(16)10(15)7-9/h5-7H,4,8H2,1-3H3,(H,17,19)(H,20,21). The molecule has 5 nitrogen and oxygen atoms in total. The minimum absolute atomic E-state index is 0.0917. The average Bonchev–Trinajstić information content (AvgIpc) is 2.39. The third kappa shape index (κ3) is 4.41. The van der Waals surface area contributed by atoms with Crippen molar-refractivity contribution in [3.8, 4) is 0 Å². The van der Waals surface area contributed by atoms with Gasteiger partial charge in [-0.05, 0) is 38.6 Å². The monoisotopic (exact) mass is 316 g/mol. The average molecular weight is 317 g/mol. The molecule has 1 aromatic rings. The molecule has 0 unspecified atom stereocenters. The van der Waals surface area contributed by atoms with Crippen LogP contribution in [0.1, 0.15) is 20.8 Å². The van der Waals surface area contributed by atoms with E-state index in [2.05, 4.69) is 5.32 Å². The maximum absolute atomic E-state index is 13.0. The summed E-state index contributed by atoms with van der Waals surface area (Å²) in [7, 11) is 0. The second kappa shape index (κ2) is 6.87. The minimum Gasteiger partial charge on any atom is -0.480 e. The molecule has 0 saturated heterocycles. The van der Waals surface area contributed by atoms with Gasteiger partial charge in [-0.3, -0.25) is 14.5 Å². The van der Waals surface area contributed by atoms with Gasteiger partial charge in [0.25, 0.3) is 0 Å². The van der Waals surface area contributed by atoms with Crippen LogP contribution in [0.15, 0.2) is 18.2 Å². The number of carbonyl (C=O) groups is 2. The van der Waals surface area contributed by atoms with E-state index in [0.717, 1.165) is 6.07 Å². The molecular weight excluding hydrogens is 299 g/mol. The highest BCUT2D eigenvalue weighted by atomic mass is 35.5. The van der Waals surface area contributed by atoms with E-state index in [1.165, 1.54) is 30.9 Å². The number of hydrogen-bond acceptors (Lipinski definition) is 3. The fourth-order valence-corrected chi connectivity index (χ4v) is 1.97. The van der Waals surface area contributed by atoms with Crippen molar-refractivity contribution < 1.29 is 19.1 Å². The zero-order chi connectivity index (χ0) is 16.2. The van der Waals surface area contributed by atoms with Gasteiger partial charge in [0.2, 0.25) is 5.91 Å². The highest BCUT2D eigenvalue weighted by molar-refractivity contribution is 6.31. The number of carboxylic acid groups (broad SMARTS) is 1. The third-order valence-corrected chi connectivity index (χ3v) is 3.52. The SMILES string of the molecule is CCN(CC(=O)Nc1ccc(F)c(Cl)c1)C(C)(C)C(=O)O. The lowest BCUT2D eigenvalue weighted by Gasteiger charge is -2.33. The van der Waals surface area contributed by atoms with E-state index < -0.39 is 23.2 Å². The molecule has 0 aliphatic rings. The van der Waals surface area contributed by atoms with Gasteiger partial charge >= 0.3 is 5.97 Å². The number of benzene rings is 1. The Balaban J connectivity index is 2.75. The summed E-state index contributed by atoms with van der Waals surface area (Å²) < 4.78 is 13.0. The molecular formula is C14H18ClFN2O3. The largest absolute Gasteiger partial charge is 0.480 e. The number of likely N-dealkylation sites (N-methyl/N-ethyl adjacent to an activating group) is 1. The summed E-state index contributed by atoms with van der Waals surface area (Å²) in [5.41, 5.74) is -0.803. The normalized spacial score (nSPS) is 11.5. The van der Waals surface area contributed by atoms with Gasteiger partial charge in [-0.2, -0.15) is 0 Å². The molecule has 0 atom stereocenters. The Morgan fingerprint density at radius 1 is 1.43 bits per heavy atom. The van der Waals surface area contributed by atoms with Crippen LogP contribution in [0.5, 0.6) is 0 Å². The fourth-order valence-electron chi connectivity index (χ4n) is 1.79. The minimum atomic E-state index is -1.16. The topological polar surface area (TPSA) is 69.6 Å². The van der Waals surface area contributed by atoms with Gasteiger partial charge in [-0.1, -0.05) is 18.5 Å². The molecule has 0 bridgehead atoms. The molecule has 1 rings (SSSR count). The van der Waals surface area contributed by atoms with E-state index in [4.69, 9.17) is 11.6 Å². The summed E-state index contributed by atoms with van der Waals surface area (Å²) in [6.45, 7) is 5.14. The molecule has 0 radical (unpaired) electrons. The Morgan fingerprint density at radius 3 is 2.52 bits per heavy atom. The molecule has 2 N–H and O–H groups in total. The number of hydrogen-bond donors (Lipinski definition) is 2. The van der Waals surface area contributed by atoms with Crippen LogP contribution in [0.3, 0.4) is 0 Å². The quantitative estimate of drug-likeness (QED) is 0.846. The molecule has 0 aliphatic carbocycles. The van der Waals surface area contributed by atoms with E-state index in [1.54, 1.807) is 6.92 Å². The maximum Gasteiger partial charge on any atom is 0.323 e. The Bertz CT molecular complexity index is 549. The van der Waals surface area contributed by atoms with Crippen LogP contribution in [-0.2, 0) is 9.59 Å². The van der Waals surface area contributed by atoms with Gasteiger partial charge in [0.1, 0.15) is 11.4 Å². The summed E-state index contributed by atoms with van der Waals surface area (Å²) >= 11 is 5.63. The molecule has 7 heteroatoms. The number of carbonyl (C=O) groups excluding carboxylic acids is 1. The first-order chi connectivity index (χ1) is 9.68. The van der Waals surface area contributed by atoms with E-state index in [-0.39, 0.29) is 11.6 Å². The first kappa shape index (κ1) is 17.4. The maximum atomic E-state index is 13.0. The molecule has 0 heterocycles. The zero-order valence-corrected chi connectivity index (χ0v) is 12.9. The number of carboxylic acids is 1. The lowest BCUT2D eigenvalue weighted by atomic mass is 10.0. The first-order valence-corrected chi connectivity index (χ1v) is 6.79. The van der Waals surface area contributed by atoms with Crippen molar-refractivity contribution in [3.63, 3.8) is 0 Å². The number of nitrogens with one attached hydrogen (secondary N) is 1. The second-order valence-electron chi connectivity index (χ2n) is 5.06. The number of amides is 1. The van der Waals surface area contributed by atoms with Crippen molar-refractivity contribution in [2.75, 3.05) is 18.4 Å². The molecule has 0 fully saturated rings. The first-order valence-electron chi connectivity index (χ1n) is 6.41. The smallest absolute Gasteiger partial charge is 0.323 e. The van der Waals surface area contributed by atoms with Crippen molar-refractivity contribution in [2.24, 2.45) is 0 Å². The molecule has 1 amide bonds. The molecule has 1 aromatic carbocycles. The lowest BCUT2D eigenvalue weighted by Crippen LogP contribution is -2.52. The van der Waals surface area contributed by atoms with E-state index in [9.17, 15) is 19.1 Å². The predicted molar refractivity (Wildman–Crippen MR) is 79.0 cm³/mol. The Hall–Kier alpha value is -1.66. The molecule has 116 valence electrons. The van der Waals surface area contributed by atoms with Crippen molar-refractivity contribution in [3.05, 3.63) is 29.0 Å². The Morgan fingerprint density at radius 2 is 2.05 bits per heavy atom. The Kier molecular flexibility index (Phi) is 5.69. The van der Waals surface area contributed by atoms with Crippen molar-refractivity contribution >= 4 is 29.2 Å². The van der Waals surface area contributed by atoms with Crippen LogP contribution in [0.25, 0.3) is 0 Å². The number of rotatable bonds is 6. The predicted octanol–water partition coefficient (Wildman–Crippen LogP) is 2.60. The zero-order valence-electron chi connectivity index (χ0n) is 12.1.